The van der Waals surface area contributed by atoms with E-state index in [0.717, 1.165) is 60.8 Å². The van der Waals surface area contributed by atoms with Crippen LogP contribution in [0.15, 0.2) is 48.7 Å². The van der Waals surface area contributed by atoms with E-state index in [2.05, 4.69) is 68.7 Å². The van der Waals surface area contributed by atoms with E-state index in [-0.39, 0.29) is 0 Å². The van der Waals surface area contributed by atoms with Crippen LogP contribution in [0, 0.1) is 6.92 Å². The lowest BCUT2D eigenvalue weighted by molar-refractivity contribution is 0.0342. The standard InChI is InChI=1S/C21H22N6O/c1-15-2-7-19-18(12-15)21(24-22-19)20-14-27(25-23-20)17-5-3-16(4-6-17)13-26-8-10-28-11-9-26/h2-7,12,14H,8-11,13H2,1H3,(H,22,24). The summed E-state index contributed by atoms with van der Waals surface area (Å²) in [7, 11) is 0. The van der Waals surface area contributed by atoms with E-state index in [0.29, 0.717) is 0 Å². The minimum atomic E-state index is 0.759. The molecule has 0 radical (unpaired) electrons. The maximum absolute atomic E-state index is 5.41. The number of morpholine rings is 1. The molecule has 0 amide bonds. The predicted octanol–water partition coefficient (Wildman–Crippen LogP) is 2.95. The van der Waals surface area contributed by atoms with Crippen LogP contribution in [0.5, 0.6) is 0 Å². The van der Waals surface area contributed by atoms with Crippen LogP contribution in [-0.4, -0.2) is 56.4 Å². The lowest BCUT2D eigenvalue weighted by atomic mass is 10.1. The first kappa shape index (κ1) is 17.1. The van der Waals surface area contributed by atoms with E-state index >= 15 is 0 Å². The first-order valence-electron chi connectivity index (χ1n) is 9.53. The number of fused-ring (bicyclic) bond motifs is 1. The molecule has 0 bridgehead atoms. The fourth-order valence-electron chi connectivity index (χ4n) is 3.59. The molecule has 1 saturated heterocycles. The van der Waals surface area contributed by atoms with Gasteiger partial charge < -0.3 is 4.74 Å². The third-order valence-corrected chi connectivity index (χ3v) is 5.17. The Morgan fingerprint density at radius 1 is 1.07 bits per heavy atom. The van der Waals surface area contributed by atoms with Gasteiger partial charge in [-0.1, -0.05) is 29.0 Å². The predicted molar refractivity (Wildman–Crippen MR) is 107 cm³/mol. The summed E-state index contributed by atoms with van der Waals surface area (Å²) in [6, 6.07) is 14.7. The second-order valence-electron chi connectivity index (χ2n) is 7.22. The molecule has 0 spiro atoms. The Hall–Kier alpha value is -3.03. The molecule has 0 aliphatic carbocycles. The number of rotatable bonds is 4. The van der Waals surface area contributed by atoms with Crippen LogP contribution in [0.2, 0.25) is 0 Å². The molecule has 2 aromatic heterocycles. The van der Waals surface area contributed by atoms with Gasteiger partial charge in [0.15, 0.2) is 0 Å². The summed E-state index contributed by atoms with van der Waals surface area (Å²) >= 11 is 0. The number of aryl methyl sites for hydroxylation is 1. The van der Waals surface area contributed by atoms with Crippen LogP contribution >= 0.6 is 0 Å². The SMILES string of the molecule is Cc1ccc2[nH]nc(-c3cn(-c4ccc(CN5CCOCC5)cc4)nn3)c2c1. The number of benzene rings is 2. The molecule has 3 heterocycles. The number of nitrogens with one attached hydrogen (secondary N) is 1. The number of aromatic amines is 1. The van der Waals surface area contributed by atoms with E-state index in [4.69, 9.17) is 4.74 Å². The normalized spacial score (nSPS) is 15.3. The third-order valence-electron chi connectivity index (χ3n) is 5.17. The lowest BCUT2D eigenvalue weighted by Gasteiger charge is -2.26. The smallest absolute Gasteiger partial charge is 0.134 e. The number of ether oxygens (including phenoxy) is 1. The minimum absolute atomic E-state index is 0.759. The van der Waals surface area contributed by atoms with Gasteiger partial charge in [-0.15, -0.1) is 5.10 Å². The molecule has 1 aliphatic heterocycles. The summed E-state index contributed by atoms with van der Waals surface area (Å²) in [5.41, 5.74) is 6.06. The van der Waals surface area contributed by atoms with Gasteiger partial charge in [-0.25, -0.2) is 4.68 Å². The Morgan fingerprint density at radius 2 is 1.89 bits per heavy atom. The van der Waals surface area contributed by atoms with Crippen molar-refractivity contribution in [1.82, 2.24) is 30.1 Å². The first-order valence-corrected chi connectivity index (χ1v) is 9.53. The summed E-state index contributed by atoms with van der Waals surface area (Å²) in [5.74, 6) is 0. The topological polar surface area (TPSA) is 71.9 Å². The van der Waals surface area contributed by atoms with Crippen molar-refractivity contribution in [1.29, 1.82) is 0 Å². The fourth-order valence-corrected chi connectivity index (χ4v) is 3.59. The maximum atomic E-state index is 5.41. The van der Waals surface area contributed by atoms with Crippen LogP contribution in [0.25, 0.3) is 28.0 Å². The zero-order chi connectivity index (χ0) is 18.9. The lowest BCUT2D eigenvalue weighted by Crippen LogP contribution is -2.35. The Balaban J connectivity index is 1.37. The molecular formula is C21H22N6O. The molecule has 1 fully saturated rings. The highest BCUT2D eigenvalue weighted by molar-refractivity contribution is 5.92. The third kappa shape index (κ3) is 3.30. The van der Waals surface area contributed by atoms with Crippen molar-refractivity contribution in [2.45, 2.75) is 13.5 Å². The maximum Gasteiger partial charge on any atom is 0.134 e. The molecule has 28 heavy (non-hydrogen) atoms. The van der Waals surface area contributed by atoms with Crippen LogP contribution in [-0.2, 0) is 11.3 Å². The van der Waals surface area contributed by atoms with Crippen LogP contribution in [0.3, 0.4) is 0 Å². The Morgan fingerprint density at radius 3 is 2.71 bits per heavy atom. The number of hydrogen-bond acceptors (Lipinski definition) is 5. The van der Waals surface area contributed by atoms with E-state index in [9.17, 15) is 0 Å². The highest BCUT2D eigenvalue weighted by atomic mass is 16.5. The van der Waals surface area contributed by atoms with Crippen molar-refractivity contribution in [3.63, 3.8) is 0 Å². The number of H-pyrrole nitrogens is 1. The Kier molecular flexibility index (Phi) is 4.38. The van der Waals surface area contributed by atoms with Gasteiger partial charge in [0.1, 0.15) is 11.4 Å². The molecule has 0 unspecified atom stereocenters. The van der Waals surface area contributed by atoms with Crippen molar-refractivity contribution in [3.05, 3.63) is 59.8 Å². The molecule has 142 valence electrons. The molecule has 2 aromatic carbocycles. The zero-order valence-electron chi connectivity index (χ0n) is 15.8. The highest BCUT2D eigenvalue weighted by Gasteiger charge is 2.13. The van der Waals surface area contributed by atoms with E-state index in [1.807, 2.05) is 12.3 Å². The Labute approximate surface area is 162 Å². The average Bonchev–Trinajstić information content (AvgIpc) is 3.36. The van der Waals surface area contributed by atoms with Gasteiger partial charge in [0.25, 0.3) is 0 Å². The van der Waals surface area contributed by atoms with Crippen LogP contribution in [0.4, 0.5) is 0 Å². The van der Waals surface area contributed by atoms with Gasteiger partial charge in [0.2, 0.25) is 0 Å². The molecule has 1 N–H and O–H groups in total. The van der Waals surface area contributed by atoms with Gasteiger partial charge in [-0.2, -0.15) is 5.10 Å². The second kappa shape index (κ2) is 7.18. The van der Waals surface area contributed by atoms with Crippen molar-refractivity contribution in [2.75, 3.05) is 26.3 Å². The number of nitrogens with zero attached hydrogens (tertiary/aromatic N) is 5. The van der Waals surface area contributed by atoms with Crippen molar-refractivity contribution >= 4 is 10.9 Å². The van der Waals surface area contributed by atoms with Crippen LogP contribution in [0.1, 0.15) is 11.1 Å². The molecule has 0 saturated carbocycles. The van der Waals surface area contributed by atoms with Gasteiger partial charge in [-0.3, -0.25) is 10.00 Å². The molecule has 7 nitrogen and oxygen atoms in total. The van der Waals surface area contributed by atoms with E-state index in [1.54, 1.807) is 4.68 Å². The molecule has 7 heteroatoms. The van der Waals surface area contributed by atoms with Gasteiger partial charge in [-0.05, 0) is 36.8 Å². The molecule has 1 aliphatic rings. The van der Waals surface area contributed by atoms with Crippen LogP contribution < -0.4 is 0 Å². The van der Waals surface area contributed by atoms with Crippen molar-refractivity contribution in [2.24, 2.45) is 0 Å². The first-order chi connectivity index (χ1) is 13.8. The summed E-state index contributed by atoms with van der Waals surface area (Å²) < 4.78 is 7.21. The summed E-state index contributed by atoms with van der Waals surface area (Å²) in [6.45, 7) is 6.65. The minimum Gasteiger partial charge on any atom is -0.379 e. The number of aromatic nitrogens is 5. The fraction of sp³-hybridized carbons (Fsp3) is 0.286. The number of hydrogen-bond donors (Lipinski definition) is 1. The summed E-state index contributed by atoms with van der Waals surface area (Å²) in [4.78, 5) is 2.41. The molecular weight excluding hydrogens is 352 g/mol. The Bertz CT molecular complexity index is 1090. The van der Waals surface area contributed by atoms with E-state index in [1.165, 1.54) is 11.1 Å². The molecule has 0 atom stereocenters. The van der Waals surface area contributed by atoms with Gasteiger partial charge >= 0.3 is 0 Å². The monoisotopic (exact) mass is 374 g/mol. The largest absolute Gasteiger partial charge is 0.379 e. The average molecular weight is 374 g/mol. The molecule has 4 aromatic rings. The summed E-state index contributed by atoms with van der Waals surface area (Å²) in [5, 5.41) is 17.2. The van der Waals surface area contributed by atoms with E-state index < -0.39 is 0 Å². The quantitative estimate of drug-likeness (QED) is 0.595. The highest BCUT2D eigenvalue weighted by Crippen LogP contribution is 2.26. The second-order valence-corrected chi connectivity index (χ2v) is 7.22. The van der Waals surface area contributed by atoms with Crippen molar-refractivity contribution in [3.8, 4) is 17.1 Å². The summed E-state index contributed by atoms with van der Waals surface area (Å²) in [6.07, 6.45) is 1.93. The van der Waals surface area contributed by atoms with Crippen molar-refractivity contribution < 1.29 is 4.74 Å². The zero-order valence-corrected chi connectivity index (χ0v) is 15.8. The van der Waals surface area contributed by atoms with Gasteiger partial charge in [0.05, 0.1) is 30.6 Å². The molecule has 5 rings (SSSR count). The van der Waals surface area contributed by atoms with Gasteiger partial charge in [0, 0.05) is 25.0 Å².